The van der Waals surface area contributed by atoms with Crippen LogP contribution >= 0.6 is 0 Å². The Balaban J connectivity index is 1.73. The van der Waals surface area contributed by atoms with Gasteiger partial charge in [-0.3, -0.25) is 4.90 Å². The van der Waals surface area contributed by atoms with E-state index in [2.05, 4.69) is 29.2 Å². The van der Waals surface area contributed by atoms with E-state index < -0.39 is 11.4 Å². The lowest BCUT2D eigenvalue weighted by atomic mass is 9.77. The lowest BCUT2D eigenvalue weighted by Crippen LogP contribution is -2.62. The van der Waals surface area contributed by atoms with Gasteiger partial charge in [0.1, 0.15) is 0 Å². The Morgan fingerprint density at radius 1 is 1.17 bits per heavy atom. The first-order chi connectivity index (χ1) is 11.5. The first-order valence-electron chi connectivity index (χ1n) is 8.67. The van der Waals surface area contributed by atoms with Crippen molar-refractivity contribution in [3.05, 3.63) is 35.9 Å². The highest BCUT2D eigenvalue weighted by molar-refractivity contribution is 5.15. The maximum atomic E-state index is 11.2. The summed E-state index contributed by atoms with van der Waals surface area (Å²) in [4.78, 5) is 2.49. The molecule has 5 nitrogen and oxygen atoms in total. The van der Waals surface area contributed by atoms with Crippen LogP contribution < -0.4 is 0 Å². The number of fused-ring (bicyclic) bond motifs is 2. The molecule has 2 heterocycles. The van der Waals surface area contributed by atoms with Crippen molar-refractivity contribution in [2.75, 3.05) is 27.4 Å². The van der Waals surface area contributed by atoms with Gasteiger partial charge in [0.05, 0.1) is 18.8 Å². The van der Waals surface area contributed by atoms with Crippen molar-refractivity contribution in [3.8, 4) is 0 Å². The molecule has 134 valence electrons. The molecule has 0 spiro atoms. The molecule has 0 aliphatic carbocycles. The predicted molar refractivity (Wildman–Crippen MR) is 91.6 cm³/mol. The topological polar surface area (TPSA) is 51.2 Å². The van der Waals surface area contributed by atoms with Crippen molar-refractivity contribution in [1.29, 1.82) is 0 Å². The van der Waals surface area contributed by atoms with Crippen molar-refractivity contribution >= 4 is 0 Å². The fourth-order valence-corrected chi connectivity index (χ4v) is 4.16. The second-order valence-electron chi connectivity index (χ2n) is 7.35. The molecule has 1 N–H and O–H groups in total. The number of piperidine rings is 1. The largest absolute Gasteiger partial charge is 0.390 e. The van der Waals surface area contributed by atoms with Gasteiger partial charge in [-0.25, -0.2) is 0 Å². The number of hydrogen-bond acceptors (Lipinski definition) is 5. The van der Waals surface area contributed by atoms with Crippen LogP contribution in [0.5, 0.6) is 0 Å². The van der Waals surface area contributed by atoms with Gasteiger partial charge in [0.15, 0.2) is 5.79 Å². The molecule has 2 aliphatic rings. The Morgan fingerprint density at radius 2 is 1.75 bits per heavy atom. The minimum Gasteiger partial charge on any atom is -0.390 e. The normalized spacial score (nSPS) is 31.2. The third kappa shape index (κ3) is 3.81. The van der Waals surface area contributed by atoms with E-state index in [1.54, 1.807) is 14.2 Å². The summed E-state index contributed by atoms with van der Waals surface area (Å²) < 4.78 is 16.7. The van der Waals surface area contributed by atoms with Crippen molar-refractivity contribution < 1.29 is 19.3 Å². The zero-order valence-electron chi connectivity index (χ0n) is 14.9. The van der Waals surface area contributed by atoms with E-state index in [4.69, 9.17) is 14.2 Å². The van der Waals surface area contributed by atoms with Gasteiger partial charge in [-0.05, 0) is 25.3 Å². The molecule has 1 aromatic rings. The van der Waals surface area contributed by atoms with Crippen molar-refractivity contribution in [2.24, 2.45) is 0 Å². The first-order valence-corrected chi connectivity index (χ1v) is 8.67. The number of aliphatic hydroxyl groups is 1. The van der Waals surface area contributed by atoms with Crippen LogP contribution in [0.25, 0.3) is 0 Å². The van der Waals surface area contributed by atoms with Gasteiger partial charge >= 0.3 is 0 Å². The van der Waals surface area contributed by atoms with Crippen LogP contribution in [-0.2, 0) is 20.8 Å². The lowest BCUT2D eigenvalue weighted by Gasteiger charge is -2.53. The SMILES string of the molecule is COC(C)(CC1(O)CC2COCC(C1)N2Cc1ccccc1)OC. The quantitative estimate of drug-likeness (QED) is 0.808. The van der Waals surface area contributed by atoms with Gasteiger partial charge in [-0.1, -0.05) is 30.3 Å². The van der Waals surface area contributed by atoms with E-state index in [9.17, 15) is 5.11 Å². The Hall–Kier alpha value is -0.980. The average Bonchev–Trinajstić information content (AvgIpc) is 2.57. The van der Waals surface area contributed by atoms with E-state index in [1.807, 2.05) is 13.0 Å². The Morgan fingerprint density at radius 3 is 2.29 bits per heavy atom. The zero-order valence-corrected chi connectivity index (χ0v) is 14.9. The highest BCUT2D eigenvalue weighted by atomic mass is 16.7. The van der Waals surface area contributed by atoms with Crippen LogP contribution in [0.15, 0.2) is 30.3 Å². The summed E-state index contributed by atoms with van der Waals surface area (Å²) in [6.45, 7) is 4.12. The van der Waals surface area contributed by atoms with E-state index in [1.165, 1.54) is 5.56 Å². The highest BCUT2D eigenvalue weighted by Gasteiger charge is 2.49. The molecule has 0 radical (unpaired) electrons. The number of morpholine rings is 1. The molecule has 2 unspecified atom stereocenters. The third-order valence-corrected chi connectivity index (χ3v) is 5.51. The lowest BCUT2D eigenvalue weighted by molar-refractivity contribution is -0.240. The highest BCUT2D eigenvalue weighted by Crippen LogP contribution is 2.40. The maximum Gasteiger partial charge on any atom is 0.167 e. The number of rotatable bonds is 6. The monoisotopic (exact) mass is 335 g/mol. The molecule has 2 saturated heterocycles. The number of hydrogen-bond donors (Lipinski definition) is 1. The third-order valence-electron chi connectivity index (χ3n) is 5.51. The van der Waals surface area contributed by atoms with Gasteiger partial charge in [0.25, 0.3) is 0 Å². The van der Waals surface area contributed by atoms with Crippen molar-refractivity contribution in [2.45, 2.75) is 56.2 Å². The van der Waals surface area contributed by atoms with Gasteiger partial charge in [0.2, 0.25) is 0 Å². The van der Waals surface area contributed by atoms with Crippen LogP contribution in [0.1, 0.15) is 31.7 Å². The molecular formula is C19H29NO4. The van der Waals surface area contributed by atoms with Crippen LogP contribution in [0, 0.1) is 0 Å². The second-order valence-corrected chi connectivity index (χ2v) is 7.35. The average molecular weight is 335 g/mol. The van der Waals surface area contributed by atoms with E-state index in [0.29, 0.717) is 32.5 Å². The summed E-state index contributed by atoms with van der Waals surface area (Å²) in [5.74, 6) is -0.758. The van der Waals surface area contributed by atoms with Gasteiger partial charge in [-0.15, -0.1) is 0 Å². The molecule has 0 amide bonds. The molecule has 2 fully saturated rings. The predicted octanol–water partition coefficient (Wildman–Crippen LogP) is 2.18. The van der Waals surface area contributed by atoms with Crippen LogP contribution in [0.4, 0.5) is 0 Å². The van der Waals surface area contributed by atoms with E-state index in [-0.39, 0.29) is 12.1 Å². The number of methoxy groups -OCH3 is 2. The standard InChI is InChI=1S/C19H29NO4/c1-18(22-2,23-3)14-19(21)9-16-12-24-13-17(10-19)20(16)11-15-7-5-4-6-8-15/h4-8,16-17,21H,9-14H2,1-3H3. The Labute approximate surface area is 144 Å². The molecular weight excluding hydrogens is 306 g/mol. The summed E-state index contributed by atoms with van der Waals surface area (Å²) >= 11 is 0. The summed E-state index contributed by atoms with van der Waals surface area (Å²) in [5, 5.41) is 11.2. The minimum atomic E-state index is -0.785. The number of nitrogens with zero attached hydrogens (tertiary/aromatic N) is 1. The van der Waals surface area contributed by atoms with Crippen molar-refractivity contribution in [1.82, 2.24) is 4.90 Å². The fourth-order valence-electron chi connectivity index (χ4n) is 4.16. The van der Waals surface area contributed by atoms with Crippen LogP contribution in [0.2, 0.25) is 0 Å². The van der Waals surface area contributed by atoms with E-state index in [0.717, 1.165) is 6.54 Å². The summed E-state index contributed by atoms with van der Waals surface area (Å²) in [6, 6.07) is 10.9. The Kier molecular flexibility index (Phi) is 5.27. The molecule has 0 aromatic heterocycles. The summed E-state index contributed by atoms with van der Waals surface area (Å²) in [6.07, 6.45) is 1.83. The maximum absolute atomic E-state index is 11.2. The van der Waals surface area contributed by atoms with Gasteiger partial charge < -0.3 is 19.3 Å². The number of ether oxygens (including phenoxy) is 3. The van der Waals surface area contributed by atoms with Crippen LogP contribution in [-0.4, -0.2) is 60.9 Å². The molecule has 0 saturated carbocycles. The molecule has 2 bridgehead atoms. The Bertz CT molecular complexity index is 517. The summed E-state index contributed by atoms with van der Waals surface area (Å²) in [5.41, 5.74) is 0.519. The molecule has 2 atom stereocenters. The zero-order chi connectivity index (χ0) is 17.2. The molecule has 3 rings (SSSR count). The van der Waals surface area contributed by atoms with Gasteiger partial charge in [0, 0.05) is 39.3 Å². The van der Waals surface area contributed by atoms with Crippen molar-refractivity contribution in [3.63, 3.8) is 0 Å². The van der Waals surface area contributed by atoms with Crippen LogP contribution in [0.3, 0.4) is 0 Å². The molecule has 2 aliphatic heterocycles. The van der Waals surface area contributed by atoms with E-state index >= 15 is 0 Å². The molecule has 5 heteroatoms. The molecule has 1 aromatic carbocycles. The second kappa shape index (κ2) is 7.10. The summed E-state index contributed by atoms with van der Waals surface area (Å²) in [7, 11) is 3.25. The minimum absolute atomic E-state index is 0.223. The van der Waals surface area contributed by atoms with Gasteiger partial charge in [-0.2, -0.15) is 0 Å². The smallest absolute Gasteiger partial charge is 0.167 e. The molecule has 24 heavy (non-hydrogen) atoms. The fraction of sp³-hybridized carbons (Fsp3) is 0.684. The first kappa shape index (κ1) is 17.8. The number of benzene rings is 1.